The minimum atomic E-state index is -0.695. The molecule has 0 saturated carbocycles. The third kappa shape index (κ3) is 5.27. The summed E-state index contributed by atoms with van der Waals surface area (Å²) >= 11 is 13.2. The predicted molar refractivity (Wildman–Crippen MR) is 104 cm³/mol. The number of halogens is 4. The summed E-state index contributed by atoms with van der Waals surface area (Å²) in [6, 6.07) is 10.3. The second-order valence-electron chi connectivity index (χ2n) is 4.28. The largest absolute Gasteiger partial charge is 0.422 e. The first-order valence-corrected chi connectivity index (χ1v) is 9.55. The van der Waals surface area contributed by atoms with E-state index in [4.69, 9.17) is 9.47 Å². The van der Waals surface area contributed by atoms with Crippen LogP contribution in [0.2, 0.25) is 0 Å². The molecule has 2 aromatic carbocycles. The van der Waals surface area contributed by atoms with Crippen LogP contribution in [0.15, 0.2) is 66.4 Å². The van der Waals surface area contributed by atoms with E-state index in [-0.39, 0.29) is 0 Å². The maximum absolute atomic E-state index is 11.8. The van der Waals surface area contributed by atoms with Crippen molar-refractivity contribution in [3.63, 3.8) is 0 Å². The summed E-state index contributed by atoms with van der Waals surface area (Å²) in [6.45, 7) is 0. The average molecular weight is 584 g/mol. The smallest absolute Gasteiger partial charge is 0.336 e. The van der Waals surface area contributed by atoms with Gasteiger partial charge in [0.05, 0.1) is 8.95 Å². The molecular formula is C16H8Br4O4. The molecule has 0 fully saturated rings. The van der Waals surface area contributed by atoms with Crippen molar-refractivity contribution in [2.45, 2.75) is 0 Å². The Morgan fingerprint density at radius 3 is 1.46 bits per heavy atom. The summed E-state index contributed by atoms with van der Waals surface area (Å²) in [4.78, 5) is 23.6. The van der Waals surface area contributed by atoms with Crippen LogP contribution in [0.4, 0.5) is 0 Å². The Morgan fingerprint density at radius 2 is 1.08 bits per heavy atom. The SMILES string of the molecule is O=C(/C=C/C(=O)Oc1cccc(Br)c1Br)Oc1cccc(Br)c1Br. The third-order valence-corrected chi connectivity index (χ3v) is 6.63. The van der Waals surface area contributed by atoms with Crippen molar-refractivity contribution in [2.24, 2.45) is 0 Å². The van der Waals surface area contributed by atoms with Crippen LogP contribution >= 0.6 is 63.7 Å². The molecule has 124 valence electrons. The van der Waals surface area contributed by atoms with Crippen LogP contribution in [-0.2, 0) is 9.59 Å². The number of benzene rings is 2. The Labute approximate surface area is 171 Å². The van der Waals surface area contributed by atoms with Gasteiger partial charge in [0.1, 0.15) is 11.5 Å². The van der Waals surface area contributed by atoms with Gasteiger partial charge in [-0.25, -0.2) is 9.59 Å². The molecule has 0 saturated heterocycles. The van der Waals surface area contributed by atoms with Crippen molar-refractivity contribution >= 4 is 75.7 Å². The number of rotatable bonds is 4. The molecule has 8 heteroatoms. The van der Waals surface area contributed by atoms with Gasteiger partial charge < -0.3 is 9.47 Å². The molecule has 0 N–H and O–H groups in total. The molecule has 0 radical (unpaired) electrons. The zero-order valence-corrected chi connectivity index (χ0v) is 18.1. The molecule has 2 aromatic rings. The van der Waals surface area contributed by atoms with Gasteiger partial charge in [0.15, 0.2) is 0 Å². The minimum absolute atomic E-state index is 0.335. The summed E-state index contributed by atoms with van der Waals surface area (Å²) in [6.07, 6.45) is 2.00. The van der Waals surface area contributed by atoms with E-state index in [1.54, 1.807) is 36.4 Å². The van der Waals surface area contributed by atoms with Gasteiger partial charge in [-0.15, -0.1) is 0 Å². The molecule has 0 heterocycles. The molecule has 0 aromatic heterocycles. The molecular weight excluding hydrogens is 576 g/mol. The first kappa shape index (κ1) is 19.4. The number of hydrogen-bond donors (Lipinski definition) is 0. The molecule has 4 nitrogen and oxygen atoms in total. The Balaban J connectivity index is 1.99. The van der Waals surface area contributed by atoms with E-state index in [9.17, 15) is 9.59 Å². The third-order valence-electron chi connectivity index (χ3n) is 2.61. The van der Waals surface area contributed by atoms with Crippen LogP contribution in [0.5, 0.6) is 11.5 Å². The normalized spacial score (nSPS) is 10.7. The fraction of sp³-hybridized carbons (Fsp3) is 0. The van der Waals surface area contributed by atoms with E-state index in [0.29, 0.717) is 20.4 Å². The van der Waals surface area contributed by atoms with E-state index in [2.05, 4.69) is 63.7 Å². The Hall–Kier alpha value is -0.960. The predicted octanol–water partition coefficient (Wildman–Crippen LogP) is 5.80. The van der Waals surface area contributed by atoms with Crippen LogP contribution in [0.25, 0.3) is 0 Å². The molecule has 0 spiro atoms. The lowest BCUT2D eigenvalue weighted by Crippen LogP contribution is -2.09. The average Bonchev–Trinajstić information content (AvgIpc) is 2.54. The van der Waals surface area contributed by atoms with Gasteiger partial charge in [0.25, 0.3) is 0 Å². The van der Waals surface area contributed by atoms with E-state index in [1.165, 1.54) is 0 Å². The first-order valence-electron chi connectivity index (χ1n) is 6.38. The summed E-state index contributed by atoms with van der Waals surface area (Å²) < 4.78 is 13.0. The van der Waals surface area contributed by atoms with Gasteiger partial charge in [-0.05, 0) is 88.0 Å². The van der Waals surface area contributed by atoms with Crippen molar-refractivity contribution in [3.8, 4) is 11.5 Å². The maximum Gasteiger partial charge on any atom is 0.336 e. The van der Waals surface area contributed by atoms with Crippen molar-refractivity contribution < 1.29 is 19.1 Å². The van der Waals surface area contributed by atoms with Gasteiger partial charge in [-0.1, -0.05) is 12.1 Å². The van der Waals surface area contributed by atoms with Crippen molar-refractivity contribution in [2.75, 3.05) is 0 Å². The highest BCUT2D eigenvalue weighted by molar-refractivity contribution is 9.13. The number of carbonyl (C=O) groups is 2. The highest BCUT2D eigenvalue weighted by atomic mass is 79.9. The fourth-order valence-corrected chi connectivity index (χ4v) is 2.93. The van der Waals surface area contributed by atoms with Gasteiger partial charge in [0, 0.05) is 21.1 Å². The van der Waals surface area contributed by atoms with Gasteiger partial charge in [-0.2, -0.15) is 0 Å². The fourth-order valence-electron chi connectivity index (χ4n) is 1.55. The Bertz CT molecular complexity index is 750. The number of carbonyl (C=O) groups excluding carboxylic acids is 2. The molecule has 0 bridgehead atoms. The van der Waals surface area contributed by atoms with E-state index in [0.717, 1.165) is 21.1 Å². The molecule has 0 aliphatic rings. The highest BCUT2D eigenvalue weighted by Gasteiger charge is 2.10. The lowest BCUT2D eigenvalue weighted by molar-refractivity contribution is -0.131. The highest BCUT2D eigenvalue weighted by Crippen LogP contribution is 2.33. The zero-order chi connectivity index (χ0) is 17.7. The van der Waals surface area contributed by atoms with Crippen molar-refractivity contribution in [1.29, 1.82) is 0 Å². The summed E-state index contributed by atoms with van der Waals surface area (Å²) in [5, 5.41) is 0. The lowest BCUT2D eigenvalue weighted by atomic mass is 10.3. The Kier molecular flexibility index (Phi) is 7.21. The molecule has 24 heavy (non-hydrogen) atoms. The van der Waals surface area contributed by atoms with Gasteiger partial charge in [-0.3, -0.25) is 0 Å². The molecule has 0 aliphatic heterocycles. The van der Waals surface area contributed by atoms with Crippen molar-refractivity contribution in [1.82, 2.24) is 0 Å². The first-order chi connectivity index (χ1) is 11.4. The van der Waals surface area contributed by atoms with Crippen LogP contribution in [0.1, 0.15) is 0 Å². The van der Waals surface area contributed by atoms with E-state index >= 15 is 0 Å². The van der Waals surface area contributed by atoms with Crippen LogP contribution < -0.4 is 9.47 Å². The zero-order valence-electron chi connectivity index (χ0n) is 11.8. The number of ether oxygens (including phenoxy) is 2. The van der Waals surface area contributed by atoms with E-state index < -0.39 is 11.9 Å². The summed E-state index contributed by atoms with van der Waals surface area (Å²) in [7, 11) is 0. The van der Waals surface area contributed by atoms with Gasteiger partial charge >= 0.3 is 11.9 Å². The molecule has 0 amide bonds. The van der Waals surface area contributed by atoms with Crippen LogP contribution in [-0.4, -0.2) is 11.9 Å². The summed E-state index contributed by atoms with van der Waals surface area (Å²) in [5.41, 5.74) is 0. The van der Waals surface area contributed by atoms with Crippen LogP contribution in [0.3, 0.4) is 0 Å². The minimum Gasteiger partial charge on any atom is -0.422 e. The van der Waals surface area contributed by atoms with Crippen LogP contribution in [0, 0.1) is 0 Å². The quantitative estimate of drug-likeness (QED) is 0.259. The molecule has 0 atom stereocenters. The number of esters is 2. The van der Waals surface area contributed by atoms with Crippen molar-refractivity contribution in [3.05, 3.63) is 66.4 Å². The standard InChI is InChI=1S/C16H8Br4O4/c17-9-3-1-5-11(15(9)19)23-13(21)7-8-14(22)24-12-6-2-4-10(18)16(12)20/h1-8H/b8-7+. The molecule has 2 rings (SSSR count). The lowest BCUT2D eigenvalue weighted by Gasteiger charge is -2.06. The second-order valence-corrected chi connectivity index (χ2v) is 7.57. The Morgan fingerprint density at radius 1 is 0.708 bits per heavy atom. The van der Waals surface area contributed by atoms with E-state index in [1.807, 2.05) is 0 Å². The molecule has 0 unspecified atom stereocenters. The monoisotopic (exact) mass is 580 g/mol. The summed E-state index contributed by atoms with van der Waals surface area (Å²) in [5.74, 6) is -0.720. The molecule has 0 aliphatic carbocycles. The second kappa shape index (κ2) is 8.94. The number of hydrogen-bond acceptors (Lipinski definition) is 4. The van der Waals surface area contributed by atoms with Gasteiger partial charge in [0.2, 0.25) is 0 Å². The maximum atomic E-state index is 11.8. The topological polar surface area (TPSA) is 52.6 Å².